The van der Waals surface area contributed by atoms with Crippen LogP contribution in [0.3, 0.4) is 0 Å². The third kappa shape index (κ3) is 2.14. The Hall–Kier alpha value is -2.89. The standard InChI is InChI=1S/C18H15N3O3/c22-18-14(2-1-8-21(18)13-4-5-13)16-19-17(24-20-16)12-3-6-15-11(10-12)7-9-23-15/h1-3,6,8,10,13H,4-5,7,9H2. The molecule has 1 aliphatic carbocycles. The van der Waals surface area contributed by atoms with Crippen LogP contribution in [0.2, 0.25) is 0 Å². The van der Waals surface area contributed by atoms with Crippen molar-refractivity contribution in [2.24, 2.45) is 0 Å². The summed E-state index contributed by atoms with van der Waals surface area (Å²) in [6, 6.07) is 9.75. The minimum absolute atomic E-state index is 0.0605. The van der Waals surface area contributed by atoms with Gasteiger partial charge in [0.2, 0.25) is 5.82 Å². The molecule has 3 heterocycles. The molecular formula is C18H15N3O3. The highest BCUT2D eigenvalue weighted by molar-refractivity contribution is 5.61. The summed E-state index contributed by atoms with van der Waals surface area (Å²) in [6.07, 6.45) is 4.82. The quantitative estimate of drug-likeness (QED) is 0.742. The second-order valence-corrected chi connectivity index (χ2v) is 6.21. The van der Waals surface area contributed by atoms with Crippen LogP contribution < -0.4 is 10.3 Å². The Kier molecular flexibility index (Phi) is 2.85. The molecule has 5 rings (SSSR count). The number of nitrogens with zero attached hydrogens (tertiary/aromatic N) is 3. The maximum Gasteiger partial charge on any atom is 0.262 e. The minimum atomic E-state index is -0.0605. The molecular weight excluding hydrogens is 306 g/mol. The van der Waals surface area contributed by atoms with E-state index in [0.29, 0.717) is 29.9 Å². The van der Waals surface area contributed by atoms with Gasteiger partial charge in [0.25, 0.3) is 11.4 Å². The molecule has 0 saturated heterocycles. The molecule has 6 heteroatoms. The van der Waals surface area contributed by atoms with E-state index >= 15 is 0 Å². The first-order valence-electron chi connectivity index (χ1n) is 8.11. The van der Waals surface area contributed by atoms with Gasteiger partial charge in [-0.3, -0.25) is 4.79 Å². The minimum Gasteiger partial charge on any atom is -0.493 e. The van der Waals surface area contributed by atoms with Crippen LogP contribution in [0.1, 0.15) is 24.4 Å². The van der Waals surface area contributed by atoms with Crippen LogP contribution in [-0.4, -0.2) is 21.3 Å². The van der Waals surface area contributed by atoms with Gasteiger partial charge in [0.05, 0.1) is 12.2 Å². The van der Waals surface area contributed by atoms with Crippen molar-refractivity contribution in [2.45, 2.75) is 25.3 Å². The summed E-state index contributed by atoms with van der Waals surface area (Å²) < 4.78 is 12.7. The highest BCUT2D eigenvalue weighted by Gasteiger charge is 2.26. The van der Waals surface area contributed by atoms with Gasteiger partial charge in [-0.25, -0.2) is 0 Å². The largest absolute Gasteiger partial charge is 0.493 e. The van der Waals surface area contributed by atoms with Crippen LogP contribution >= 0.6 is 0 Å². The fourth-order valence-corrected chi connectivity index (χ4v) is 3.09. The van der Waals surface area contributed by atoms with Gasteiger partial charge < -0.3 is 13.8 Å². The van der Waals surface area contributed by atoms with Gasteiger partial charge in [-0.2, -0.15) is 4.98 Å². The molecule has 0 bridgehead atoms. The van der Waals surface area contributed by atoms with E-state index in [4.69, 9.17) is 9.26 Å². The molecule has 3 aromatic rings. The average Bonchev–Trinajstić information content (AvgIpc) is 3.14. The SMILES string of the molecule is O=c1c(-c2noc(-c3ccc4c(c3)CCO4)n2)cccn1C1CC1. The lowest BCUT2D eigenvalue weighted by Gasteiger charge is -2.03. The van der Waals surface area contributed by atoms with Crippen molar-refractivity contribution in [3.8, 4) is 28.6 Å². The van der Waals surface area contributed by atoms with Crippen molar-refractivity contribution in [1.29, 1.82) is 0 Å². The lowest BCUT2D eigenvalue weighted by atomic mass is 10.1. The third-order valence-electron chi connectivity index (χ3n) is 4.52. The molecule has 0 unspecified atom stereocenters. The van der Waals surface area contributed by atoms with Crippen molar-refractivity contribution >= 4 is 0 Å². The summed E-state index contributed by atoms with van der Waals surface area (Å²) in [5, 5.41) is 4.01. The number of fused-ring (bicyclic) bond motifs is 1. The molecule has 6 nitrogen and oxygen atoms in total. The monoisotopic (exact) mass is 321 g/mol. The highest BCUT2D eigenvalue weighted by atomic mass is 16.5. The number of ether oxygens (including phenoxy) is 1. The van der Waals surface area contributed by atoms with Crippen molar-refractivity contribution in [3.63, 3.8) is 0 Å². The molecule has 120 valence electrons. The molecule has 2 aromatic heterocycles. The molecule has 2 aliphatic rings. The van der Waals surface area contributed by atoms with Crippen LogP contribution in [0, 0.1) is 0 Å². The van der Waals surface area contributed by atoms with Crippen LogP contribution in [-0.2, 0) is 6.42 Å². The Morgan fingerprint density at radius 1 is 1.21 bits per heavy atom. The normalized spacial score (nSPS) is 16.0. The molecule has 0 amide bonds. The van der Waals surface area contributed by atoms with Crippen molar-refractivity contribution in [2.75, 3.05) is 6.61 Å². The van der Waals surface area contributed by atoms with E-state index in [1.807, 2.05) is 30.5 Å². The lowest BCUT2D eigenvalue weighted by Crippen LogP contribution is -2.20. The molecule has 1 saturated carbocycles. The van der Waals surface area contributed by atoms with E-state index in [0.717, 1.165) is 36.1 Å². The fraction of sp³-hybridized carbons (Fsp3) is 0.278. The fourth-order valence-electron chi connectivity index (χ4n) is 3.09. The Morgan fingerprint density at radius 2 is 2.12 bits per heavy atom. The van der Waals surface area contributed by atoms with Gasteiger partial charge in [-0.1, -0.05) is 5.16 Å². The second kappa shape index (κ2) is 5.06. The summed E-state index contributed by atoms with van der Waals surface area (Å²) in [4.78, 5) is 17.0. The van der Waals surface area contributed by atoms with Crippen molar-refractivity contribution < 1.29 is 9.26 Å². The number of hydrogen-bond donors (Lipinski definition) is 0. The molecule has 0 atom stereocenters. The Morgan fingerprint density at radius 3 is 3.00 bits per heavy atom. The molecule has 0 radical (unpaired) electrons. The first kappa shape index (κ1) is 13.5. The van der Waals surface area contributed by atoms with Crippen LogP contribution in [0.5, 0.6) is 5.75 Å². The average molecular weight is 321 g/mol. The summed E-state index contributed by atoms with van der Waals surface area (Å²) >= 11 is 0. The summed E-state index contributed by atoms with van der Waals surface area (Å²) in [6.45, 7) is 0.707. The second-order valence-electron chi connectivity index (χ2n) is 6.21. The predicted octanol–water partition coefficient (Wildman–Crippen LogP) is 2.84. The smallest absolute Gasteiger partial charge is 0.262 e. The number of aromatic nitrogens is 3. The molecule has 1 aromatic carbocycles. The van der Waals surface area contributed by atoms with Crippen molar-refractivity contribution in [1.82, 2.24) is 14.7 Å². The van der Waals surface area contributed by atoms with Gasteiger partial charge in [-0.05, 0) is 48.7 Å². The predicted molar refractivity (Wildman–Crippen MR) is 86.9 cm³/mol. The maximum absolute atomic E-state index is 12.6. The van der Waals surface area contributed by atoms with Crippen molar-refractivity contribution in [3.05, 3.63) is 52.4 Å². The zero-order valence-corrected chi connectivity index (χ0v) is 12.9. The number of benzene rings is 1. The van der Waals surface area contributed by atoms with Gasteiger partial charge in [-0.15, -0.1) is 0 Å². The maximum atomic E-state index is 12.6. The zero-order valence-electron chi connectivity index (χ0n) is 12.9. The van der Waals surface area contributed by atoms with Gasteiger partial charge in [0, 0.05) is 24.2 Å². The van der Waals surface area contributed by atoms with E-state index in [2.05, 4.69) is 10.1 Å². The number of rotatable bonds is 3. The van der Waals surface area contributed by atoms with Crippen LogP contribution in [0.4, 0.5) is 0 Å². The molecule has 1 aliphatic heterocycles. The van der Waals surface area contributed by atoms with Gasteiger partial charge in [0.1, 0.15) is 5.75 Å². The van der Waals surface area contributed by atoms with E-state index in [-0.39, 0.29) is 5.56 Å². The number of hydrogen-bond acceptors (Lipinski definition) is 5. The Labute approximate surface area is 137 Å². The summed E-state index contributed by atoms with van der Waals surface area (Å²) in [5.74, 6) is 1.66. The molecule has 24 heavy (non-hydrogen) atoms. The molecule has 0 spiro atoms. The Balaban J connectivity index is 1.54. The number of pyridine rings is 1. The lowest BCUT2D eigenvalue weighted by molar-refractivity contribution is 0.357. The van der Waals surface area contributed by atoms with Crippen LogP contribution in [0.15, 0.2) is 45.8 Å². The highest BCUT2D eigenvalue weighted by Crippen LogP contribution is 2.34. The summed E-state index contributed by atoms with van der Waals surface area (Å²) in [5.41, 5.74) is 2.40. The third-order valence-corrected chi connectivity index (χ3v) is 4.52. The van der Waals surface area contributed by atoms with Crippen LogP contribution in [0.25, 0.3) is 22.8 Å². The van der Waals surface area contributed by atoms with E-state index in [9.17, 15) is 4.79 Å². The topological polar surface area (TPSA) is 70.2 Å². The molecule has 0 N–H and O–H groups in total. The first-order chi connectivity index (χ1) is 11.8. The Bertz CT molecular complexity index is 985. The van der Waals surface area contributed by atoms with E-state index in [1.165, 1.54) is 0 Å². The molecule has 1 fully saturated rings. The summed E-state index contributed by atoms with van der Waals surface area (Å²) in [7, 11) is 0. The van der Waals surface area contributed by atoms with E-state index in [1.54, 1.807) is 10.6 Å². The first-order valence-corrected chi connectivity index (χ1v) is 8.11. The van der Waals surface area contributed by atoms with E-state index < -0.39 is 0 Å². The zero-order chi connectivity index (χ0) is 16.1. The van der Waals surface area contributed by atoms with Gasteiger partial charge in [0.15, 0.2) is 0 Å². The van der Waals surface area contributed by atoms with Gasteiger partial charge >= 0.3 is 0 Å².